The quantitative estimate of drug-likeness (QED) is 0.427. The second-order valence-electron chi connectivity index (χ2n) is 6.92. The van der Waals surface area contributed by atoms with Crippen molar-refractivity contribution in [2.75, 3.05) is 20.3 Å². The summed E-state index contributed by atoms with van der Waals surface area (Å²) in [5.41, 5.74) is 0.689. The highest BCUT2D eigenvalue weighted by atomic mass is 32.2. The molecule has 27 heavy (non-hydrogen) atoms. The van der Waals surface area contributed by atoms with E-state index < -0.39 is 0 Å². The number of hydrogen-bond donors (Lipinski definition) is 1. The zero-order valence-corrected chi connectivity index (χ0v) is 16.8. The van der Waals surface area contributed by atoms with Crippen LogP contribution < -0.4 is 10.9 Å². The Balaban J connectivity index is 1.85. The summed E-state index contributed by atoms with van der Waals surface area (Å²) in [6, 6.07) is 7.61. The maximum absolute atomic E-state index is 13.1. The highest BCUT2D eigenvalue weighted by molar-refractivity contribution is 8.00. The Hall–Kier alpha value is -1.86. The Labute approximate surface area is 163 Å². The number of amides is 1. The van der Waals surface area contributed by atoms with E-state index in [0.29, 0.717) is 29.2 Å². The van der Waals surface area contributed by atoms with Crippen LogP contribution >= 0.6 is 11.8 Å². The van der Waals surface area contributed by atoms with Crippen molar-refractivity contribution >= 4 is 28.6 Å². The Morgan fingerprint density at radius 3 is 2.85 bits per heavy atom. The van der Waals surface area contributed by atoms with Gasteiger partial charge in [-0.05, 0) is 38.3 Å². The van der Waals surface area contributed by atoms with Crippen molar-refractivity contribution in [3.8, 4) is 0 Å². The number of carbonyl (C=O) groups is 1. The molecule has 1 fully saturated rings. The number of fused-ring (bicyclic) bond motifs is 1. The molecule has 1 unspecified atom stereocenters. The molecule has 1 aliphatic carbocycles. The van der Waals surface area contributed by atoms with Crippen LogP contribution in [0, 0.1) is 0 Å². The molecule has 1 aromatic heterocycles. The zero-order chi connectivity index (χ0) is 19.2. The molecule has 6 nitrogen and oxygen atoms in total. The molecule has 0 radical (unpaired) electrons. The van der Waals surface area contributed by atoms with Gasteiger partial charge in [-0.15, -0.1) is 0 Å². The van der Waals surface area contributed by atoms with Gasteiger partial charge in [0, 0.05) is 26.3 Å². The van der Waals surface area contributed by atoms with Crippen LogP contribution in [0.25, 0.3) is 10.9 Å². The van der Waals surface area contributed by atoms with Crippen molar-refractivity contribution in [3.05, 3.63) is 34.6 Å². The van der Waals surface area contributed by atoms with E-state index in [1.807, 2.05) is 35.8 Å². The molecule has 1 aromatic carbocycles. The predicted molar refractivity (Wildman–Crippen MR) is 108 cm³/mol. The van der Waals surface area contributed by atoms with Gasteiger partial charge < -0.3 is 10.1 Å². The summed E-state index contributed by atoms with van der Waals surface area (Å²) in [5.74, 6) is -0.0449. The van der Waals surface area contributed by atoms with E-state index in [4.69, 9.17) is 9.72 Å². The number of benzene rings is 1. The van der Waals surface area contributed by atoms with Crippen molar-refractivity contribution in [3.63, 3.8) is 0 Å². The predicted octanol–water partition coefficient (Wildman–Crippen LogP) is 3.14. The molecule has 0 aliphatic heterocycles. The van der Waals surface area contributed by atoms with E-state index in [-0.39, 0.29) is 22.8 Å². The molecule has 7 heteroatoms. The number of rotatable bonds is 8. The standard InChI is InChI=1S/C20H27N3O3S/c1-14(18(24)21-12-7-13-26-2)27-20-22-17-11-6-5-10-16(17)19(25)23(20)15-8-3-4-9-15/h5-6,10-11,14-15H,3-4,7-9,12-13H2,1-2H3,(H,21,24). The lowest BCUT2D eigenvalue weighted by Gasteiger charge is -2.20. The summed E-state index contributed by atoms with van der Waals surface area (Å²) in [4.78, 5) is 30.3. The van der Waals surface area contributed by atoms with Crippen molar-refractivity contribution in [2.45, 2.75) is 55.5 Å². The molecular formula is C20H27N3O3S. The van der Waals surface area contributed by atoms with E-state index in [9.17, 15) is 9.59 Å². The number of thioether (sulfide) groups is 1. The first-order chi connectivity index (χ1) is 13.1. The highest BCUT2D eigenvalue weighted by Crippen LogP contribution is 2.33. The third kappa shape index (κ3) is 4.71. The van der Waals surface area contributed by atoms with Crippen LogP contribution in [-0.4, -0.2) is 41.0 Å². The Bertz CT molecular complexity index is 846. The molecule has 0 spiro atoms. The lowest BCUT2D eigenvalue weighted by atomic mass is 10.2. The minimum absolute atomic E-state index is 0.00250. The molecule has 3 rings (SSSR count). The van der Waals surface area contributed by atoms with E-state index >= 15 is 0 Å². The molecule has 0 saturated heterocycles. The van der Waals surface area contributed by atoms with Crippen LogP contribution in [0.4, 0.5) is 0 Å². The van der Waals surface area contributed by atoms with Crippen molar-refractivity contribution < 1.29 is 9.53 Å². The van der Waals surface area contributed by atoms with Gasteiger partial charge in [-0.25, -0.2) is 4.98 Å². The van der Waals surface area contributed by atoms with E-state index in [1.165, 1.54) is 11.8 Å². The molecule has 1 amide bonds. The van der Waals surface area contributed by atoms with Crippen LogP contribution in [0.1, 0.15) is 45.1 Å². The zero-order valence-electron chi connectivity index (χ0n) is 15.9. The number of nitrogens with zero attached hydrogens (tertiary/aromatic N) is 2. The Morgan fingerprint density at radius 1 is 1.37 bits per heavy atom. The molecule has 0 bridgehead atoms. The average molecular weight is 390 g/mol. The average Bonchev–Trinajstić information content (AvgIpc) is 3.19. The topological polar surface area (TPSA) is 73.2 Å². The van der Waals surface area contributed by atoms with Gasteiger partial charge in [0.15, 0.2) is 5.16 Å². The minimum atomic E-state index is -0.326. The van der Waals surface area contributed by atoms with E-state index in [0.717, 1.165) is 32.1 Å². The summed E-state index contributed by atoms with van der Waals surface area (Å²) in [6.07, 6.45) is 5.02. The van der Waals surface area contributed by atoms with Crippen LogP contribution in [0.2, 0.25) is 0 Å². The fourth-order valence-electron chi connectivity index (χ4n) is 3.48. The fraction of sp³-hybridized carbons (Fsp3) is 0.550. The second kappa shape index (κ2) is 9.37. The SMILES string of the molecule is COCCCNC(=O)C(C)Sc1nc2ccccc2c(=O)n1C1CCCC1. The number of carbonyl (C=O) groups excluding carboxylic acids is 1. The summed E-state index contributed by atoms with van der Waals surface area (Å²) in [7, 11) is 1.65. The van der Waals surface area contributed by atoms with Gasteiger partial charge in [-0.1, -0.05) is 36.7 Å². The minimum Gasteiger partial charge on any atom is -0.385 e. The smallest absolute Gasteiger partial charge is 0.262 e. The molecule has 146 valence electrons. The van der Waals surface area contributed by atoms with Crippen LogP contribution in [0.15, 0.2) is 34.2 Å². The first-order valence-corrected chi connectivity index (χ1v) is 10.4. The van der Waals surface area contributed by atoms with Gasteiger partial charge in [-0.3, -0.25) is 14.2 Å². The first kappa shape index (κ1) is 19.9. The lowest BCUT2D eigenvalue weighted by Crippen LogP contribution is -2.33. The van der Waals surface area contributed by atoms with Crippen molar-refractivity contribution in [1.29, 1.82) is 0 Å². The molecule has 1 aliphatic rings. The third-order valence-electron chi connectivity index (χ3n) is 4.94. The summed E-state index contributed by atoms with van der Waals surface area (Å²) >= 11 is 1.37. The van der Waals surface area contributed by atoms with Crippen LogP contribution in [0.5, 0.6) is 0 Å². The molecular weight excluding hydrogens is 362 g/mol. The number of methoxy groups -OCH3 is 1. The number of ether oxygens (including phenoxy) is 1. The van der Waals surface area contributed by atoms with Gasteiger partial charge in [0.25, 0.3) is 5.56 Å². The molecule has 1 heterocycles. The number of hydrogen-bond acceptors (Lipinski definition) is 5. The fourth-order valence-corrected chi connectivity index (χ4v) is 4.48. The van der Waals surface area contributed by atoms with E-state index in [2.05, 4.69) is 5.32 Å². The van der Waals surface area contributed by atoms with Crippen molar-refractivity contribution in [1.82, 2.24) is 14.9 Å². The normalized spacial score (nSPS) is 15.9. The van der Waals surface area contributed by atoms with E-state index in [1.54, 1.807) is 7.11 Å². The molecule has 1 saturated carbocycles. The third-order valence-corrected chi connectivity index (χ3v) is 6.01. The molecule has 1 atom stereocenters. The Morgan fingerprint density at radius 2 is 2.11 bits per heavy atom. The summed E-state index contributed by atoms with van der Waals surface area (Å²) in [5, 5.41) is 3.89. The van der Waals surface area contributed by atoms with Gasteiger partial charge in [0.05, 0.1) is 16.2 Å². The maximum atomic E-state index is 13.1. The second-order valence-corrected chi connectivity index (χ2v) is 8.23. The maximum Gasteiger partial charge on any atom is 0.262 e. The van der Waals surface area contributed by atoms with Crippen LogP contribution in [-0.2, 0) is 9.53 Å². The van der Waals surface area contributed by atoms with Gasteiger partial charge in [0.2, 0.25) is 5.91 Å². The van der Waals surface area contributed by atoms with Crippen LogP contribution in [0.3, 0.4) is 0 Å². The monoisotopic (exact) mass is 389 g/mol. The summed E-state index contributed by atoms with van der Waals surface area (Å²) < 4.78 is 6.83. The largest absolute Gasteiger partial charge is 0.385 e. The lowest BCUT2D eigenvalue weighted by molar-refractivity contribution is -0.120. The number of aromatic nitrogens is 2. The molecule has 1 N–H and O–H groups in total. The van der Waals surface area contributed by atoms with Gasteiger partial charge in [-0.2, -0.15) is 0 Å². The molecule has 2 aromatic rings. The summed E-state index contributed by atoms with van der Waals surface area (Å²) in [6.45, 7) is 3.06. The van der Waals surface area contributed by atoms with Gasteiger partial charge >= 0.3 is 0 Å². The number of nitrogens with one attached hydrogen (secondary N) is 1. The van der Waals surface area contributed by atoms with Crippen molar-refractivity contribution in [2.24, 2.45) is 0 Å². The van der Waals surface area contributed by atoms with Gasteiger partial charge in [0.1, 0.15) is 0 Å². The number of para-hydroxylation sites is 1. The highest BCUT2D eigenvalue weighted by Gasteiger charge is 2.25. The Kier molecular flexibility index (Phi) is 6.90. The first-order valence-electron chi connectivity index (χ1n) is 9.56.